The summed E-state index contributed by atoms with van der Waals surface area (Å²) in [4.78, 5) is 29.4. The number of thiophene rings is 1. The van der Waals surface area contributed by atoms with E-state index in [-0.39, 0.29) is 32.0 Å². The van der Waals surface area contributed by atoms with Crippen LogP contribution in [0.2, 0.25) is 0 Å². The average Bonchev–Trinajstić information content (AvgIpc) is 3.13. The molecule has 0 saturated heterocycles. The Bertz CT molecular complexity index is 623. The summed E-state index contributed by atoms with van der Waals surface area (Å²) in [7, 11) is 1.49. The number of amides is 1. The molecule has 0 saturated carbocycles. The van der Waals surface area contributed by atoms with E-state index in [1.807, 2.05) is 17.5 Å². The van der Waals surface area contributed by atoms with Gasteiger partial charge < -0.3 is 19.2 Å². The molecule has 0 atom stereocenters. The largest absolute Gasteiger partial charge is 0.480 e. The van der Waals surface area contributed by atoms with E-state index in [1.165, 1.54) is 29.6 Å². The lowest BCUT2D eigenvalue weighted by molar-refractivity contribution is -0.144. The van der Waals surface area contributed by atoms with Gasteiger partial charge in [0.2, 0.25) is 11.8 Å². The van der Waals surface area contributed by atoms with Gasteiger partial charge in [0.1, 0.15) is 12.8 Å². The maximum atomic E-state index is 12.2. The van der Waals surface area contributed by atoms with E-state index in [0.717, 1.165) is 4.88 Å². The first kappa shape index (κ1) is 16.2. The molecule has 1 amide bonds. The molecule has 0 radical (unpaired) electrons. The van der Waals surface area contributed by atoms with E-state index < -0.39 is 5.97 Å². The standard InChI is InChI=1S/C14H16N2O5S/c1-20-5-4-16(8-13(18)19)12(17)7-10-9-21-14(15-10)11-3-2-6-22-11/h2-3,6,9H,4-5,7-8H2,1H3,(H,18,19). The third-order valence-electron chi connectivity index (χ3n) is 2.86. The van der Waals surface area contributed by atoms with Gasteiger partial charge in [0, 0.05) is 13.7 Å². The predicted molar refractivity (Wildman–Crippen MR) is 79.6 cm³/mol. The van der Waals surface area contributed by atoms with Crippen LogP contribution >= 0.6 is 11.3 Å². The van der Waals surface area contributed by atoms with E-state index in [1.54, 1.807) is 0 Å². The number of ether oxygens (including phenoxy) is 1. The monoisotopic (exact) mass is 324 g/mol. The van der Waals surface area contributed by atoms with Crippen molar-refractivity contribution in [2.45, 2.75) is 6.42 Å². The highest BCUT2D eigenvalue weighted by Crippen LogP contribution is 2.23. The summed E-state index contributed by atoms with van der Waals surface area (Å²) in [5, 5.41) is 10.8. The molecule has 1 N–H and O–H groups in total. The van der Waals surface area contributed by atoms with Gasteiger partial charge in [0.25, 0.3) is 0 Å². The van der Waals surface area contributed by atoms with Crippen molar-refractivity contribution in [1.29, 1.82) is 0 Å². The van der Waals surface area contributed by atoms with Crippen molar-refractivity contribution in [3.8, 4) is 10.8 Å². The second-order valence-corrected chi connectivity index (χ2v) is 5.45. The Labute approximate surface area is 131 Å². The molecule has 2 aromatic heterocycles. The highest BCUT2D eigenvalue weighted by atomic mass is 32.1. The predicted octanol–water partition coefficient (Wildman–Crippen LogP) is 1.51. The van der Waals surface area contributed by atoms with Crippen LogP contribution in [0, 0.1) is 0 Å². The van der Waals surface area contributed by atoms with Crippen molar-refractivity contribution >= 4 is 23.2 Å². The maximum absolute atomic E-state index is 12.2. The van der Waals surface area contributed by atoms with E-state index in [4.69, 9.17) is 14.3 Å². The molecule has 0 fully saturated rings. The lowest BCUT2D eigenvalue weighted by Crippen LogP contribution is -2.38. The van der Waals surface area contributed by atoms with Crippen molar-refractivity contribution in [2.75, 3.05) is 26.8 Å². The Morgan fingerprint density at radius 1 is 1.50 bits per heavy atom. The minimum atomic E-state index is -1.07. The summed E-state index contributed by atoms with van der Waals surface area (Å²) in [6, 6.07) is 3.76. The Kier molecular flexibility index (Phi) is 5.68. The zero-order chi connectivity index (χ0) is 15.9. The third kappa shape index (κ3) is 4.40. The van der Waals surface area contributed by atoms with Gasteiger partial charge in [-0.1, -0.05) is 6.07 Å². The lowest BCUT2D eigenvalue weighted by Gasteiger charge is -2.19. The van der Waals surface area contributed by atoms with Crippen LogP contribution in [0.3, 0.4) is 0 Å². The Balaban J connectivity index is 2.01. The molecule has 22 heavy (non-hydrogen) atoms. The minimum Gasteiger partial charge on any atom is -0.480 e. The molecule has 2 rings (SSSR count). The molecule has 2 aromatic rings. The van der Waals surface area contributed by atoms with Crippen molar-refractivity contribution < 1.29 is 23.8 Å². The third-order valence-corrected chi connectivity index (χ3v) is 3.72. The summed E-state index contributed by atoms with van der Waals surface area (Å²) in [5.41, 5.74) is 0.473. The number of carbonyl (C=O) groups excluding carboxylic acids is 1. The van der Waals surface area contributed by atoms with E-state index in [2.05, 4.69) is 4.98 Å². The molecule has 0 aliphatic carbocycles. The van der Waals surface area contributed by atoms with Gasteiger partial charge in [-0.05, 0) is 11.4 Å². The fourth-order valence-electron chi connectivity index (χ4n) is 1.83. The molecule has 0 aliphatic rings. The summed E-state index contributed by atoms with van der Waals surface area (Å²) in [6.45, 7) is 0.132. The fraction of sp³-hybridized carbons (Fsp3) is 0.357. The van der Waals surface area contributed by atoms with Gasteiger partial charge in [-0.15, -0.1) is 11.3 Å². The summed E-state index contributed by atoms with van der Waals surface area (Å²) in [6.07, 6.45) is 1.41. The second kappa shape index (κ2) is 7.71. The van der Waals surface area contributed by atoms with E-state index >= 15 is 0 Å². The van der Waals surface area contributed by atoms with Crippen LogP contribution in [0.5, 0.6) is 0 Å². The Hall–Kier alpha value is -2.19. The first-order chi connectivity index (χ1) is 10.6. The molecule has 0 unspecified atom stereocenters. The van der Waals surface area contributed by atoms with Crippen molar-refractivity contribution in [2.24, 2.45) is 0 Å². The van der Waals surface area contributed by atoms with Crippen LogP contribution < -0.4 is 0 Å². The number of rotatable bonds is 8. The van der Waals surface area contributed by atoms with Crippen molar-refractivity contribution in [3.63, 3.8) is 0 Å². The van der Waals surface area contributed by atoms with Crippen LogP contribution in [0.15, 0.2) is 28.2 Å². The highest BCUT2D eigenvalue weighted by Gasteiger charge is 2.19. The van der Waals surface area contributed by atoms with E-state index in [0.29, 0.717) is 11.6 Å². The molecule has 0 spiro atoms. The maximum Gasteiger partial charge on any atom is 0.323 e. The number of hydrogen-bond acceptors (Lipinski definition) is 6. The zero-order valence-electron chi connectivity index (χ0n) is 12.0. The van der Waals surface area contributed by atoms with Crippen LogP contribution in [0.1, 0.15) is 5.69 Å². The molecule has 8 heteroatoms. The zero-order valence-corrected chi connectivity index (χ0v) is 12.8. The number of oxazole rings is 1. The first-order valence-corrected chi connectivity index (χ1v) is 7.45. The summed E-state index contributed by atoms with van der Waals surface area (Å²) < 4.78 is 10.2. The SMILES string of the molecule is COCCN(CC(=O)O)C(=O)Cc1coc(-c2cccs2)n1. The summed E-state index contributed by atoms with van der Waals surface area (Å²) >= 11 is 1.49. The topological polar surface area (TPSA) is 92.9 Å². The van der Waals surface area contributed by atoms with Gasteiger partial charge in [-0.2, -0.15) is 0 Å². The number of hydrogen-bond donors (Lipinski definition) is 1. The number of carboxylic acid groups (broad SMARTS) is 1. The molecule has 0 bridgehead atoms. The second-order valence-electron chi connectivity index (χ2n) is 4.50. The van der Waals surface area contributed by atoms with Crippen molar-refractivity contribution in [1.82, 2.24) is 9.88 Å². The molecular formula is C14H16N2O5S. The van der Waals surface area contributed by atoms with E-state index in [9.17, 15) is 9.59 Å². The molecule has 7 nitrogen and oxygen atoms in total. The van der Waals surface area contributed by atoms with Gasteiger partial charge in [0.15, 0.2) is 0 Å². The molecule has 0 aromatic carbocycles. The first-order valence-electron chi connectivity index (χ1n) is 6.57. The minimum absolute atomic E-state index is 0.00807. The fourth-order valence-corrected chi connectivity index (χ4v) is 2.48. The van der Waals surface area contributed by atoms with Gasteiger partial charge in [0.05, 0.1) is 23.6 Å². The number of aromatic nitrogens is 1. The number of aliphatic carboxylic acids is 1. The molecule has 2 heterocycles. The van der Waals surface area contributed by atoms with Crippen LogP contribution in [-0.2, 0) is 20.7 Å². The molecule has 0 aliphatic heterocycles. The number of nitrogens with zero attached hydrogens (tertiary/aromatic N) is 2. The molecular weight excluding hydrogens is 308 g/mol. The number of carbonyl (C=O) groups is 2. The van der Waals surface area contributed by atoms with Gasteiger partial charge >= 0.3 is 5.97 Å². The van der Waals surface area contributed by atoms with Gasteiger partial charge in [-0.25, -0.2) is 4.98 Å². The van der Waals surface area contributed by atoms with Gasteiger partial charge in [-0.3, -0.25) is 9.59 Å². The smallest absolute Gasteiger partial charge is 0.323 e. The Morgan fingerprint density at radius 2 is 2.32 bits per heavy atom. The van der Waals surface area contributed by atoms with Crippen LogP contribution in [0.25, 0.3) is 10.8 Å². The number of carboxylic acids is 1. The highest BCUT2D eigenvalue weighted by molar-refractivity contribution is 7.13. The summed E-state index contributed by atoms with van der Waals surface area (Å²) in [5.74, 6) is -0.936. The normalized spacial score (nSPS) is 10.6. The quantitative estimate of drug-likeness (QED) is 0.791. The van der Waals surface area contributed by atoms with Crippen LogP contribution in [-0.4, -0.2) is 53.7 Å². The van der Waals surface area contributed by atoms with Crippen LogP contribution in [0.4, 0.5) is 0 Å². The Morgan fingerprint density at radius 3 is 2.95 bits per heavy atom. The van der Waals surface area contributed by atoms with Crippen molar-refractivity contribution in [3.05, 3.63) is 29.5 Å². The lowest BCUT2D eigenvalue weighted by atomic mass is 10.3. The molecule has 118 valence electrons. The average molecular weight is 324 g/mol. The number of methoxy groups -OCH3 is 1.